The Balaban J connectivity index is 4.84. The zero-order valence-corrected chi connectivity index (χ0v) is 9.93. The van der Waals surface area contributed by atoms with Crippen LogP contribution in [0.1, 0.15) is 27.2 Å². The van der Waals surface area contributed by atoms with Gasteiger partial charge in [-0.25, -0.2) is 0 Å². The average Bonchev–Trinajstić information content (AvgIpc) is 1.98. The van der Waals surface area contributed by atoms with Crippen molar-refractivity contribution < 1.29 is 23.1 Å². The third kappa shape index (κ3) is 4.38. The van der Waals surface area contributed by atoms with E-state index < -0.39 is 24.2 Å². The minimum Gasteiger partial charge on any atom is -0.480 e. The predicted molar refractivity (Wildman–Crippen MR) is 54.2 cm³/mol. The number of alkyl halides is 3. The van der Waals surface area contributed by atoms with Crippen LogP contribution in [-0.4, -0.2) is 41.3 Å². The number of halogens is 3. The van der Waals surface area contributed by atoms with Crippen molar-refractivity contribution in [3.8, 4) is 0 Å². The number of carbonyl (C=O) groups is 1. The molecule has 96 valence electrons. The first-order valence-electron chi connectivity index (χ1n) is 5.00. The van der Waals surface area contributed by atoms with Gasteiger partial charge in [0, 0.05) is 0 Å². The third-order valence-corrected chi connectivity index (χ3v) is 2.53. The number of rotatable bonds is 5. The zero-order chi connectivity index (χ0) is 13.1. The molecule has 0 amide bonds. The second-order valence-electron chi connectivity index (χ2n) is 4.65. The van der Waals surface area contributed by atoms with Gasteiger partial charge in [-0.05, 0) is 26.3 Å². The molecule has 1 N–H and O–H groups in total. The summed E-state index contributed by atoms with van der Waals surface area (Å²) in [5, 5.41) is 9.04. The van der Waals surface area contributed by atoms with E-state index in [-0.39, 0.29) is 12.3 Å². The van der Waals surface area contributed by atoms with E-state index in [1.54, 1.807) is 13.8 Å². The standard InChI is InChI=1S/C10H18F3NO2/c1-7(2)5-9(3,8(15)16)14(4)6-10(11,12)13/h7H,5-6H2,1-4H3,(H,15,16). The lowest BCUT2D eigenvalue weighted by molar-refractivity contribution is -0.170. The van der Waals surface area contributed by atoms with Crippen LogP contribution in [0.3, 0.4) is 0 Å². The molecule has 0 aliphatic heterocycles. The summed E-state index contributed by atoms with van der Waals surface area (Å²) in [5.41, 5.74) is -1.48. The van der Waals surface area contributed by atoms with Gasteiger partial charge in [-0.15, -0.1) is 0 Å². The van der Waals surface area contributed by atoms with Gasteiger partial charge in [0.15, 0.2) is 0 Å². The molecule has 0 fully saturated rings. The highest BCUT2D eigenvalue weighted by molar-refractivity contribution is 5.78. The minimum absolute atomic E-state index is 0.0109. The number of likely N-dealkylation sites (N-methyl/N-ethyl adjacent to an activating group) is 1. The van der Waals surface area contributed by atoms with Crippen LogP contribution in [-0.2, 0) is 4.79 Å². The molecular weight excluding hydrogens is 223 g/mol. The van der Waals surface area contributed by atoms with Gasteiger partial charge in [0.2, 0.25) is 0 Å². The van der Waals surface area contributed by atoms with Gasteiger partial charge in [-0.2, -0.15) is 13.2 Å². The molecule has 6 heteroatoms. The van der Waals surface area contributed by atoms with Crippen molar-refractivity contribution in [2.75, 3.05) is 13.6 Å². The summed E-state index contributed by atoms with van der Waals surface area (Å²) < 4.78 is 36.6. The molecule has 0 aliphatic carbocycles. The van der Waals surface area contributed by atoms with E-state index in [0.717, 1.165) is 4.90 Å². The number of aliphatic carboxylic acids is 1. The van der Waals surface area contributed by atoms with E-state index in [1.807, 2.05) is 0 Å². The van der Waals surface area contributed by atoms with Crippen molar-refractivity contribution in [2.24, 2.45) is 5.92 Å². The number of hydrogen-bond donors (Lipinski definition) is 1. The summed E-state index contributed by atoms with van der Waals surface area (Å²) in [6.07, 6.45) is -4.21. The highest BCUT2D eigenvalue weighted by Crippen LogP contribution is 2.27. The van der Waals surface area contributed by atoms with Gasteiger partial charge >= 0.3 is 12.1 Å². The molecule has 0 aromatic carbocycles. The molecule has 3 nitrogen and oxygen atoms in total. The Kier molecular flexibility index (Phi) is 4.79. The van der Waals surface area contributed by atoms with Crippen LogP contribution in [0, 0.1) is 5.92 Å². The molecule has 0 saturated heterocycles. The van der Waals surface area contributed by atoms with E-state index >= 15 is 0 Å². The third-order valence-electron chi connectivity index (χ3n) is 2.53. The van der Waals surface area contributed by atoms with Gasteiger partial charge in [-0.1, -0.05) is 13.8 Å². The summed E-state index contributed by atoms with van der Waals surface area (Å²) in [7, 11) is 1.18. The van der Waals surface area contributed by atoms with E-state index in [4.69, 9.17) is 5.11 Å². The Morgan fingerprint density at radius 1 is 1.38 bits per heavy atom. The van der Waals surface area contributed by atoms with E-state index in [1.165, 1.54) is 14.0 Å². The molecule has 0 spiro atoms. The Morgan fingerprint density at radius 3 is 2.06 bits per heavy atom. The summed E-state index contributed by atoms with van der Waals surface area (Å²) in [4.78, 5) is 11.9. The monoisotopic (exact) mass is 241 g/mol. The second kappa shape index (κ2) is 5.03. The van der Waals surface area contributed by atoms with Crippen LogP contribution in [0.15, 0.2) is 0 Å². The van der Waals surface area contributed by atoms with E-state index in [0.29, 0.717) is 0 Å². The SMILES string of the molecule is CC(C)CC(C)(C(=O)O)N(C)CC(F)(F)F. The highest BCUT2D eigenvalue weighted by atomic mass is 19.4. The fourth-order valence-corrected chi connectivity index (χ4v) is 1.64. The van der Waals surface area contributed by atoms with Crippen LogP contribution in [0.5, 0.6) is 0 Å². The van der Waals surface area contributed by atoms with Gasteiger partial charge in [0.1, 0.15) is 5.54 Å². The zero-order valence-electron chi connectivity index (χ0n) is 9.93. The fourth-order valence-electron chi connectivity index (χ4n) is 1.64. The maximum atomic E-state index is 12.2. The molecule has 0 radical (unpaired) electrons. The normalized spacial score (nSPS) is 16.6. The Morgan fingerprint density at radius 2 is 1.81 bits per heavy atom. The van der Waals surface area contributed by atoms with E-state index in [9.17, 15) is 18.0 Å². The Bertz CT molecular complexity index is 253. The molecule has 1 atom stereocenters. The highest BCUT2D eigenvalue weighted by Gasteiger charge is 2.42. The molecule has 0 aromatic heterocycles. The van der Waals surface area contributed by atoms with Crippen molar-refractivity contribution in [1.82, 2.24) is 4.90 Å². The van der Waals surface area contributed by atoms with E-state index in [2.05, 4.69) is 0 Å². The van der Waals surface area contributed by atoms with Gasteiger partial charge < -0.3 is 5.11 Å². The summed E-state index contributed by atoms with van der Waals surface area (Å²) in [6, 6.07) is 0. The first kappa shape index (κ1) is 15.2. The maximum absolute atomic E-state index is 12.2. The number of hydrogen-bond acceptors (Lipinski definition) is 2. The van der Waals surface area contributed by atoms with Crippen molar-refractivity contribution in [2.45, 2.75) is 38.9 Å². The molecule has 0 aliphatic rings. The molecular formula is C10H18F3NO2. The van der Waals surface area contributed by atoms with Crippen LogP contribution in [0.25, 0.3) is 0 Å². The quantitative estimate of drug-likeness (QED) is 0.803. The molecule has 1 unspecified atom stereocenters. The summed E-state index contributed by atoms with van der Waals surface area (Å²) >= 11 is 0. The van der Waals surface area contributed by atoms with Crippen molar-refractivity contribution in [1.29, 1.82) is 0 Å². The summed E-state index contributed by atoms with van der Waals surface area (Å²) in [5.74, 6) is -1.22. The Labute approximate surface area is 93.2 Å². The Hall–Kier alpha value is -0.780. The van der Waals surface area contributed by atoms with Crippen molar-refractivity contribution in [3.63, 3.8) is 0 Å². The first-order valence-corrected chi connectivity index (χ1v) is 5.00. The molecule has 0 heterocycles. The predicted octanol–water partition coefficient (Wildman–Crippen LogP) is 2.37. The average molecular weight is 241 g/mol. The molecule has 0 aromatic rings. The number of carboxylic acid groups (broad SMARTS) is 1. The fraction of sp³-hybridized carbons (Fsp3) is 0.900. The largest absolute Gasteiger partial charge is 0.480 e. The van der Waals surface area contributed by atoms with Crippen molar-refractivity contribution >= 4 is 5.97 Å². The minimum atomic E-state index is -4.39. The maximum Gasteiger partial charge on any atom is 0.401 e. The van der Waals surface area contributed by atoms with Gasteiger partial charge in [0.25, 0.3) is 0 Å². The van der Waals surface area contributed by atoms with Gasteiger partial charge in [-0.3, -0.25) is 9.69 Å². The molecule has 0 bridgehead atoms. The second-order valence-corrected chi connectivity index (χ2v) is 4.65. The molecule has 0 rings (SSSR count). The van der Waals surface area contributed by atoms with Crippen LogP contribution < -0.4 is 0 Å². The van der Waals surface area contributed by atoms with Crippen molar-refractivity contribution in [3.05, 3.63) is 0 Å². The molecule has 0 saturated carbocycles. The van der Waals surface area contributed by atoms with Crippen LogP contribution in [0.2, 0.25) is 0 Å². The lowest BCUT2D eigenvalue weighted by Gasteiger charge is -2.36. The number of carboxylic acids is 1. The lowest BCUT2D eigenvalue weighted by Crippen LogP contribution is -2.54. The van der Waals surface area contributed by atoms with Crippen LogP contribution in [0.4, 0.5) is 13.2 Å². The van der Waals surface area contributed by atoms with Crippen LogP contribution >= 0.6 is 0 Å². The molecule has 16 heavy (non-hydrogen) atoms. The summed E-state index contributed by atoms with van der Waals surface area (Å²) in [6.45, 7) is 3.66. The lowest BCUT2D eigenvalue weighted by atomic mass is 9.89. The smallest absolute Gasteiger partial charge is 0.401 e. The first-order chi connectivity index (χ1) is 6.99. The number of nitrogens with zero attached hydrogens (tertiary/aromatic N) is 1. The topological polar surface area (TPSA) is 40.5 Å². The van der Waals surface area contributed by atoms with Gasteiger partial charge in [0.05, 0.1) is 6.54 Å².